The second kappa shape index (κ2) is 8.42. The summed E-state index contributed by atoms with van der Waals surface area (Å²) in [6.07, 6.45) is 6.30. The molecule has 11 atom stereocenters. The number of hydrogen-bond donors (Lipinski definition) is 4. The molecule has 1 aliphatic heterocycles. The highest BCUT2D eigenvalue weighted by molar-refractivity contribution is 5.91. The van der Waals surface area contributed by atoms with Crippen LogP contribution in [0.2, 0.25) is 0 Å². The summed E-state index contributed by atoms with van der Waals surface area (Å²) in [6.45, 7) is 2.13. The van der Waals surface area contributed by atoms with Gasteiger partial charge in [0.05, 0.1) is 0 Å². The third kappa shape index (κ3) is 3.40. The van der Waals surface area contributed by atoms with Gasteiger partial charge in [-0.3, -0.25) is 4.79 Å². The summed E-state index contributed by atoms with van der Waals surface area (Å²) in [5, 5.41) is 40.2. The van der Waals surface area contributed by atoms with Gasteiger partial charge in [-0.2, -0.15) is 0 Å². The molecule has 4 fully saturated rings. The molecule has 5 aliphatic rings. The van der Waals surface area contributed by atoms with E-state index in [4.69, 9.17) is 15.9 Å². The Morgan fingerprint density at radius 1 is 1.09 bits per heavy atom. The molecule has 4 aliphatic carbocycles. The Morgan fingerprint density at radius 2 is 1.85 bits per heavy atom. The Hall–Kier alpha value is -1.76. The number of aliphatic hydroxyl groups excluding tert-OH is 3. The highest BCUT2D eigenvalue weighted by atomic mass is 16.7. The largest absolute Gasteiger partial charge is 0.479 e. The van der Waals surface area contributed by atoms with Crippen molar-refractivity contribution >= 4 is 11.8 Å². The van der Waals surface area contributed by atoms with Crippen LogP contribution >= 0.6 is 0 Å². The lowest BCUT2D eigenvalue weighted by atomic mass is 9.50. The van der Waals surface area contributed by atoms with Crippen LogP contribution in [0.5, 0.6) is 0 Å². The van der Waals surface area contributed by atoms with Gasteiger partial charge in [0.15, 0.2) is 18.2 Å². The smallest absolute Gasteiger partial charge is 0.335 e. The van der Waals surface area contributed by atoms with Crippen molar-refractivity contribution in [2.24, 2.45) is 29.1 Å². The number of fused-ring (bicyclic) bond motifs is 5. The van der Waals surface area contributed by atoms with E-state index < -0.39 is 47.7 Å². The maximum Gasteiger partial charge on any atom is 0.335 e. The number of hydrogen-bond acceptors (Lipinski definition) is 7. The average molecular weight is 475 g/mol. The van der Waals surface area contributed by atoms with Gasteiger partial charge in [0.2, 0.25) is 0 Å². The number of carbonyl (C=O) groups is 2. The minimum absolute atomic E-state index is 0.240. The number of ketones is 1. The molecule has 0 spiro atoms. The fourth-order valence-electron chi connectivity index (χ4n) is 7.99. The fourth-order valence-corrected chi connectivity index (χ4v) is 7.99. The van der Waals surface area contributed by atoms with E-state index in [1.807, 2.05) is 6.08 Å². The van der Waals surface area contributed by atoms with E-state index in [2.05, 4.69) is 12.8 Å². The molecule has 4 N–H and O–H groups in total. The summed E-state index contributed by atoms with van der Waals surface area (Å²) < 4.78 is 11.7. The molecule has 0 radical (unpaired) electrons. The molecule has 8 nitrogen and oxygen atoms in total. The minimum atomic E-state index is -1.77. The van der Waals surface area contributed by atoms with E-state index in [0.717, 1.165) is 38.5 Å². The van der Waals surface area contributed by atoms with Crippen molar-refractivity contribution in [1.82, 2.24) is 0 Å². The first-order chi connectivity index (χ1) is 16.1. The number of carboxylic acids is 1. The summed E-state index contributed by atoms with van der Waals surface area (Å²) >= 11 is 0. The van der Waals surface area contributed by atoms with Crippen molar-refractivity contribution in [3.05, 3.63) is 11.6 Å². The highest BCUT2D eigenvalue weighted by Gasteiger charge is 2.64. The molecule has 0 aromatic rings. The van der Waals surface area contributed by atoms with Gasteiger partial charge in [0.1, 0.15) is 23.9 Å². The van der Waals surface area contributed by atoms with Crippen LogP contribution in [-0.2, 0) is 19.1 Å². The first-order valence-electron chi connectivity index (χ1n) is 12.4. The van der Waals surface area contributed by atoms with Crippen LogP contribution in [0.15, 0.2) is 11.6 Å². The lowest BCUT2D eigenvalue weighted by Gasteiger charge is -2.56. The zero-order valence-corrected chi connectivity index (χ0v) is 19.4. The lowest BCUT2D eigenvalue weighted by Crippen LogP contribution is -2.63. The lowest BCUT2D eigenvalue weighted by molar-refractivity contribution is -0.324. The maximum atomic E-state index is 11.9. The first-order valence-corrected chi connectivity index (χ1v) is 12.4. The van der Waals surface area contributed by atoms with Gasteiger partial charge >= 0.3 is 5.97 Å². The first kappa shape index (κ1) is 24.0. The standard InChI is InChI=1S/C26H34O8/c1-3-26(34-24-21(30)19(28)20(29)22(33-24)23(31)32)11-9-18-17-6-4-13-12-14(27)5-7-15(13)16(17)8-10-25(18,26)2/h1,12,15-22,24,28-30H,4-11H2,2H3,(H,31,32)/t15-,16+,17+,18-,19+,20+,21-,22+,24?,25-,26+/m0/s1. The third-order valence-electron chi connectivity index (χ3n) is 9.78. The van der Waals surface area contributed by atoms with Crippen LogP contribution in [0.1, 0.15) is 58.3 Å². The van der Waals surface area contributed by atoms with E-state index in [1.54, 1.807) is 0 Å². The molecule has 0 aromatic heterocycles. The summed E-state index contributed by atoms with van der Waals surface area (Å²) in [4.78, 5) is 23.5. The highest BCUT2D eigenvalue weighted by Crippen LogP contribution is 2.66. The normalized spacial score (nSPS) is 50.4. The van der Waals surface area contributed by atoms with E-state index in [0.29, 0.717) is 36.5 Å². The maximum absolute atomic E-state index is 11.9. The van der Waals surface area contributed by atoms with Gasteiger partial charge < -0.3 is 29.9 Å². The Balaban J connectivity index is 1.40. The van der Waals surface area contributed by atoms with Crippen LogP contribution < -0.4 is 0 Å². The molecule has 3 saturated carbocycles. The Morgan fingerprint density at radius 3 is 2.56 bits per heavy atom. The molecule has 5 rings (SSSR count). The quantitative estimate of drug-likeness (QED) is 0.451. The predicted molar refractivity (Wildman–Crippen MR) is 119 cm³/mol. The van der Waals surface area contributed by atoms with Crippen LogP contribution in [0.25, 0.3) is 0 Å². The molecule has 0 aromatic carbocycles. The van der Waals surface area contributed by atoms with Crippen molar-refractivity contribution in [2.45, 2.75) is 94.6 Å². The van der Waals surface area contributed by atoms with Crippen LogP contribution in [-0.4, -0.2) is 68.5 Å². The number of ether oxygens (including phenoxy) is 2. The molecular weight excluding hydrogens is 440 g/mol. The van der Waals surface area contributed by atoms with Crippen LogP contribution in [0.3, 0.4) is 0 Å². The van der Waals surface area contributed by atoms with Crippen LogP contribution in [0, 0.1) is 41.4 Å². The second-order valence-electron chi connectivity index (χ2n) is 11.1. The number of aliphatic hydroxyl groups is 3. The van der Waals surface area contributed by atoms with Crippen molar-refractivity contribution in [2.75, 3.05) is 0 Å². The Kier molecular flexibility index (Phi) is 5.93. The molecule has 1 heterocycles. The third-order valence-corrected chi connectivity index (χ3v) is 9.78. The number of allylic oxidation sites excluding steroid dienone is 1. The van der Waals surface area contributed by atoms with Crippen LogP contribution in [0.4, 0.5) is 0 Å². The molecule has 34 heavy (non-hydrogen) atoms. The number of aliphatic carboxylic acids is 1. The van der Waals surface area contributed by atoms with Gasteiger partial charge in [-0.1, -0.05) is 18.4 Å². The fraction of sp³-hybridized carbons (Fsp3) is 0.769. The predicted octanol–water partition coefficient (Wildman–Crippen LogP) is 1.41. The van der Waals surface area contributed by atoms with Gasteiger partial charge in [0, 0.05) is 11.8 Å². The molecular formula is C26H34O8. The van der Waals surface area contributed by atoms with Crippen molar-refractivity contribution < 1.29 is 39.5 Å². The topological polar surface area (TPSA) is 134 Å². The molecule has 8 heteroatoms. The monoisotopic (exact) mass is 474 g/mol. The number of terminal acetylenes is 1. The molecule has 1 unspecified atom stereocenters. The Bertz CT molecular complexity index is 938. The van der Waals surface area contributed by atoms with Crippen molar-refractivity contribution in [1.29, 1.82) is 0 Å². The number of rotatable bonds is 3. The molecule has 186 valence electrons. The van der Waals surface area contributed by atoms with Crippen molar-refractivity contribution in [3.63, 3.8) is 0 Å². The molecule has 1 saturated heterocycles. The van der Waals surface area contributed by atoms with Gasteiger partial charge in [-0.05, 0) is 74.7 Å². The SMILES string of the molecule is C#C[C@@]1(OC2O[C@@H](C(=O)O)[C@H](O)[C@@H](O)[C@@H]2O)CC[C@H]2[C@@H]3CCC4=CC(=O)CC[C@@H]4[C@H]3CC[C@@]21C. The van der Waals surface area contributed by atoms with Gasteiger partial charge in [-0.15, -0.1) is 6.42 Å². The molecule has 0 bridgehead atoms. The average Bonchev–Trinajstić information content (AvgIpc) is 3.11. The number of carboxylic acid groups (broad SMARTS) is 1. The van der Waals surface area contributed by atoms with E-state index in [1.165, 1.54) is 5.57 Å². The number of carbonyl (C=O) groups excluding carboxylic acids is 1. The molecule has 0 amide bonds. The zero-order valence-electron chi connectivity index (χ0n) is 19.4. The summed E-state index contributed by atoms with van der Waals surface area (Å²) in [5.41, 5.74) is -0.181. The second-order valence-corrected chi connectivity index (χ2v) is 11.1. The zero-order chi connectivity index (χ0) is 24.4. The summed E-state index contributed by atoms with van der Waals surface area (Å²) in [5.74, 6) is 3.38. The summed E-state index contributed by atoms with van der Waals surface area (Å²) in [6, 6.07) is 0. The van der Waals surface area contributed by atoms with E-state index in [9.17, 15) is 30.0 Å². The summed E-state index contributed by atoms with van der Waals surface area (Å²) in [7, 11) is 0. The van der Waals surface area contributed by atoms with E-state index in [-0.39, 0.29) is 5.78 Å². The van der Waals surface area contributed by atoms with Crippen molar-refractivity contribution in [3.8, 4) is 12.3 Å². The minimum Gasteiger partial charge on any atom is -0.479 e. The Labute approximate surface area is 199 Å². The van der Waals surface area contributed by atoms with Gasteiger partial charge in [0.25, 0.3) is 0 Å². The van der Waals surface area contributed by atoms with Gasteiger partial charge in [-0.25, -0.2) is 4.79 Å². The van der Waals surface area contributed by atoms with E-state index >= 15 is 0 Å².